The molecule has 0 amide bonds. The van der Waals surface area contributed by atoms with Gasteiger partial charge in [0.2, 0.25) is 0 Å². The molecule has 1 rings (SSSR count). The van der Waals surface area contributed by atoms with E-state index in [0.29, 0.717) is 0 Å². The van der Waals surface area contributed by atoms with Gasteiger partial charge < -0.3 is 0 Å². The van der Waals surface area contributed by atoms with Crippen LogP contribution in [0.15, 0.2) is 0 Å². The van der Waals surface area contributed by atoms with E-state index in [1.807, 2.05) is 27.2 Å². The van der Waals surface area contributed by atoms with E-state index in [1.54, 1.807) is 0 Å². The predicted molar refractivity (Wildman–Crippen MR) is 46.0 cm³/mol. The van der Waals surface area contributed by atoms with Crippen LogP contribution in [0.2, 0.25) is 0 Å². The summed E-state index contributed by atoms with van der Waals surface area (Å²) in [5.74, 6) is -0.149. The van der Waals surface area contributed by atoms with Crippen molar-refractivity contribution in [3.63, 3.8) is 0 Å². The zero-order valence-electron chi connectivity index (χ0n) is 8.28. The van der Waals surface area contributed by atoms with E-state index in [4.69, 9.17) is 0 Å². The molecule has 0 nitrogen and oxygen atoms in total. The third kappa shape index (κ3) is 2.61. The van der Waals surface area contributed by atoms with E-state index in [1.165, 1.54) is 0 Å². The van der Waals surface area contributed by atoms with Crippen LogP contribution in [0.25, 0.3) is 0 Å². The molecular weight excluding hydrogens is 177 g/mol. The first-order valence-corrected chi connectivity index (χ1v) is 4.62. The topological polar surface area (TPSA) is 0 Å². The minimum Gasteiger partial charge on any atom is -0.171 e. The summed E-state index contributed by atoms with van der Waals surface area (Å²) in [5, 5.41) is 0. The normalized spacial score (nSPS) is 33.7. The van der Waals surface area contributed by atoms with Gasteiger partial charge in [0.25, 0.3) is 0 Å². The molecule has 77 valence electrons. The summed E-state index contributed by atoms with van der Waals surface area (Å²) >= 11 is 0. The molecular formula is C10H16F3. The third-order valence-corrected chi connectivity index (χ3v) is 3.11. The van der Waals surface area contributed by atoms with Gasteiger partial charge in [-0.05, 0) is 30.1 Å². The second-order valence-electron chi connectivity index (χ2n) is 4.71. The summed E-state index contributed by atoms with van der Waals surface area (Å²) in [7, 11) is 0. The highest BCUT2D eigenvalue weighted by Gasteiger charge is 2.45. The Bertz CT molecular complexity index is 181. The molecule has 13 heavy (non-hydrogen) atoms. The van der Waals surface area contributed by atoms with Crippen molar-refractivity contribution in [3.05, 3.63) is 6.42 Å². The number of halogens is 3. The quantitative estimate of drug-likeness (QED) is 0.593. The van der Waals surface area contributed by atoms with Gasteiger partial charge in [-0.15, -0.1) is 0 Å². The summed E-state index contributed by atoms with van der Waals surface area (Å²) in [6.45, 7) is 5.72. The number of rotatable bonds is 1. The maximum Gasteiger partial charge on any atom is 0.389 e. The van der Waals surface area contributed by atoms with E-state index in [9.17, 15) is 13.2 Å². The third-order valence-electron chi connectivity index (χ3n) is 3.11. The first kappa shape index (κ1) is 10.9. The van der Waals surface area contributed by atoms with E-state index in [0.717, 1.165) is 6.42 Å². The molecule has 0 aromatic carbocycles. The van der Waals surface area contributed by atoms with Crippen molar-refractivity contribution >= 4 is 0 Å². The summed E-state index contributed by atoms with van der Waals surface area (Å²) in [4.78, 5) is 0. The Hall–Kier alpha value is -0.210. The number of hydrogen-bond acceptors (Lipinski definition) is 0. The highest BCUT2D eigenvalue weighted by Crippen LogP contribution is 2.49. The molecule has 0 aromatic heterocycles. The first-order chi connectivity index (χ1) is 5.72. The average Bonchev–Trinajstić information content (AvgIpc) is 2.13. The van der Waals surface area contributed by atoms with Gasteiger partial charge in [-0.2, -0.15) is 13.2 Å². The van der Waals surface area contributed by atoms with Crippen molar-refractivity contribution in [2.45, 2.75) is 39.8 Å². The fourth-order valence-electron chi connectivity index (χ4n) is 2.23. The van der Waals surface area contributed by atoms with Crippen molar-refractivity contribution in [1.29, 1.82) is 0 Å². The summed E-state index contributed by atoms with van der Waals surface area (Å²) in [6.07, 6.45) is -1.85. The fraction of sp³-hybridized carbons (Fsp3) is 0.900. The predicted octanol–water partition coefficient (Wildman–Crippen LogP) is 3.83. The largest absolute Gasteiger partial charge is 0.389 e. The van der Waals surface area contributed by atoms with Crippen LogP contribution >= 0.6 is 0 Å². The molecule has 0 N–H and O–H groups in total. The monoisotopic (exact) mass is 193 g/mol. The molecule has 0 saturated heterocycles. The molecule has 1 fully saturated rings. The molecule has 0 spiro atoms. The van der Waals surface area contributed by atoms with Crippen LogP contribution in [0.3, 0.4) is 0 Å². The smallest absolute Gasteiger partial charge is 0.171 e. The van der Waals surface area contributed by atoms with Gasteiger partial charge in [0, 0.05) is 6.42 Å². The SMILES string of the molecule is CC1[CH]CC(C)(C)C1CC(F)(F)F. The van der Waals surface area contributed by atoms with Crippen LogP contribution in [0.5, 0.6) is 0 Å². The Morgan fingerprint density at radius 3 is 2.23 bits per heavy atom. The second kappa shape index (κ2) is 3.18. The van der Waals surface area contributed by atoms with Gasteiger partial charge >= 0.3 is 6.18 Å². The molecule has 0 heterocycles. The molecule has 1 radical (unpaired) electrons. The molecule has 0 aromatic rings. The van der Waals surface area contributed by atoms with Crippen LogP contribution in [0.1, 0.15) is 33.6 Å². The van der Waals surface area contributed by atoms with E-state index in [-0.39, 0.29) is 17.3 Å². The second-order valence-corrected chi connectivity index (χ2v) is 4.71. The van der Waals surface area contributed by atoms with Gasteiger partial charge in [-0.25, -0.2) is 0 Å². The lowest BCUT2D eigenvalue weighted by atomic mass is 9.77. The maximum atomic E-state index is 12.2. The Labute approximate surface area is 77.5 Å². The Balaban J connectivity index is 2.66. The molecule has 1 saturated carbocycles. The van der Waals surface area contributed by atoms with E-state index >= 15 is 0 Å². The van der Waals surface area contributed by atoms with E-state index < -0.39 is 12.6 Å². The van der Waals surface area contributed by atoms with Gasteiger partial charge in [0.15, 0.2) is 0 Å². The Morgan fingerprint density at radius 1 is 1.38 bits per heavy atom. The van der Waals surface area contributed by atoms with Gasteiger partial charge in [-0.3, -0.25) is 0 Å². The van der Waals surface area contributed by atoms with Gasteiger partial charge in [-0.1, -0.05) is 20.8 Å². The van der Waals surface area contributed by atoms with Crippen molar-refractivity contribution in [1.82, 2.24) is 0 Å². The van der Waals surface area contributed by atoms with E-state index in [2.05, 4.69) is 0 Å². The minimum atomic E-state index is -4.02. The lowest BCUT2D eigenvalue weighted by molar-refractivity contribution is -0.153. The van der Waals surface area contributed by atoms with Crippen LogP contribution in [-0.4, -0.2) is 6.18 Å². The molecule has 3 heteroatoms. The highest BCUT2D eigenvalue weighted by molar-refractivity contribution is 4.99. The Morgan fingerprint density at radius 2 is 1.92 bits per heavy atom. The zero-order valence-corrected chi connectivity index (χ0v) is 8.28. The minimum absolute atomic E-state index is 0.0941. The molecule has 0 bridgehead atoms. The molecule has 0 aliphatic heterocycles. The van der Waals surface area contributed by atoms with Crippen molar-refractivity contribution in [2.75, 3.05) is 0 Å². The zero-order chi connectivity index (χ0) is 10.3. The van der Waals surface area contributed by atoms with Crippen molar-refractivity contribution < 1.29 is 13.2 Å². The summed E-state index contributed by atoms with van der Waals surface area (Å²) < 4.78 is 36.6. The number of hydrogen-bond donors (Lipinski definition) is 0. The summed E-state index contributed by atoms with van der Waals surface area (Å²) in [6, 6.07) is 0. The average molecular weight is 193 g/mol. The van der Waals surface area contributed by atoms with Gasteiger partial charge in [0.05, 0.1) is 0 Å². The van der Waals surface area contributed by atoms with Crippen molar-refractivity contribution in [2.24, 2.45) is 17.3 Å². The van der Waals surface area contributed by atoms with Gasteiger partial charge in [0.1, 0.15) is 0 Å². The standard InChI is InChI=1S/C10H16F3/c1-7-4-5-9(2,3)8(7)6-10(11,12)13/h4,7-8H,5-6H2,1-3H3. The Kier molecular flexibility index (Phi) is 2.65. The maximum absolute atomic E-state index is 12.2. The molecule has 1 aliphatic carbocycles. The molecule has 2 unspecified atom stereocenters. The molecule has 1 aliphatic rings. The highest BCUT2D eigenvalue weighted by atomic mass is 19.4. The van der Waals surface area contributed by atoms with Crippen LogP contribution in [-0.2, 0) is 0 Å². The van der Waals surface area contributed by atoms with Crippen LogP contribution < -0.4 is 0 Å². The molecule has 2 atom stereocenters. The lowest BCUT2D eigenvalue weighted by Crippen LogP contribution is -2.27. The summed E-state index contributed by atoms with van der Waals surface area (Å²) in [5.41, 5.74) is -0.186. The van der Waals surface area contributed by atoms with Crippen LogP contribution in [0.4, 0.5) is 13.2 Å². The fourth-order valence-corrected chi connectivity index (χ4v) is 2.23. The lowest BCUT2D eigenvalue weighted by Gasteiger charge is -2.30. The first-order valence-electron chi connectivity index (χ1n) is 4.62. The van der Waals surface area contributed by atoms with Crippen molar-refractivity contribution in [3.8, 4) is 0 Å². The van der Waals surface area contributed by atoms with Crippen LogP contribution in [0, 0.1) is 23.7 Å². The number of alkyl halides is 3.